The van der Waals surface area contributed by atoms with Gasteiger partial charge >= 0.3 is 6.18 Å². The Morgan fingerprint density at radius 3 is 1.68 bits per heavy atom. The van der Waals surface area contributed by atoms with Gasteiger partial charge in [-0.2, -0.15) is 13.2 Å². The Balaban J connectivity index is 2.77. The molecule has 128 valence electrons. The molecule has 0 aliphatic carbocycles. The van der Waals surface area contributed by atoms with Gasteiger partial charge in [-0.05, 0) is 32.0 Å². The molecule has 0 saturated heterocycles. The Bertz CT molecular complexity index is 510. The molecule has 0 spiro atoms. The molecule has 0 bridgehead atoms. The second kappa shape index (κ2) is 7.57. The van der Waals surface area contributed by atoms with Crippen LogP contribution < -0.4 is 0 Å². The quantitative estimate of drug-likeness (QED) is 0.367. The Labute approximate surface area is 141 Å². The predicted molar refractivity (Wildman–Crippen MR) is 82.9 cm³/mol. The summed E-state index contributed by atoms with van der Waals surface area (Å²) in [6, 6.07) is 0. The van der Waals surface area contributed by atoms with Crippen molar-refractivity contribution in [1.82, 2.24) is 9.13 Å². The predicted octanol–water partition coefficient (Wildman–Crippen LogP) is 5.37. The van der Waals surface area contributed by atoms with E-state index in [2.05, 4.69) is 25.3 Å². The number of halogens is 5. The van der Waals surface area contributed by atoms with Crippen molar-refractivity contribution in [2.45, 2.75) is 67.8 Å². The molecule has 0 N–H and O–H groups in total. The average molecular weight is 380 g/mol. The number of aromatic nitrogens is 2. The molecule has 2 nitrogen and oxygen atoms in total. The van der Waals surface area contributed by atoms with Crippen molar-refractivity contribution in [2.24, 2.45) is 0 Å². The maximum atomic E-state index is 12.8. The lowest BCUT2D eigenvalue weighted by atomic mass is 10.2. The number of hydrogen-bond donors (Lipinski definition) is 2. The molecule has 1 aromatic rings. The summed E-state index contributed by atoms with van der Waals surface area (Å²) in [6.07, 6.45) is -5.39. The van der Waals surface area contributed by atoms with Gasteiger partial charge in [0, 0.05) is 25.9 Å². The smallest absolute Gasteiger partial charge is 0.311 e. The minimum absolute atomic E-state index is 0.0572. The highest BCUT2D eigenvalue weighted by molar-refractivity contribution is 7.83. The van der Waals surface area contributed by atoms with Gasteiger partial charge in [0.15, 0.2) is 4.77 Å². The van der Waals surface area contributed by atoms with Crippen LogP contribution in [0.5, 0.6) is 0 Å². The Kier molecular flexibility index (Phi) is 6.82. The van der Waals surface area contributed by atoms with Gasteiger partial charge in [0.25, 0.3) is 0 Å². The van der Waals surface area contributed by atoms with Gasteiger partial charge < -0.3 is 9.13 Å². The first-order valence-electron chi connectivity index (χ1n) is 6.58. The van der Waals surface area contributed by atoms with Crippen LogP contribution >= 0.6 is 37.5 Å². The van der Waals surface area contributed by atoms with Crippen LogP contribution in [0.1, 0.15) is 32.6 Å². The summed E-state index contributed by atoms with van der Waals surface area (Å²) in [6.45, 7) is 1.11. The van der Waals surface area contributed by atoms with Crippen LogP contribution in [0.4, 0.5) is 22.0 Å². The molecule has 0 fully saturated rings. The molecule has 0 unspecified atom stereocenters. The standard InChI is InChI=1S/C12H17F5N2S3/c1-11(13,14)4-2-6-18-8(20)9(21)19(10(18)22)7-3-5-12(15,16)17/h20-21H,2-7H2,1H3. The van der Waals surface area contributed by atoms with E-state index >= 15 is 0 Å². The van der Waals surface area contributed by atoms with E-state index in [1.807, 2.05) is 0 Å². The van der Waals surface area contributed by atoms with Gasteiger partial charge in [0.2, 0.25) is 5.92 Å². The molecule has 0 atom stereocenters. The molecular formula is C12H17F5N2S3. The highest BCUT2D eigenvalue weighted by Crippen LogP contribution is 2.26. The normalized spacial score (nSPS) is 12.9. The Hall–Kier alpha value is -0.220. The van der Waals surface area contributed by atoms with Crippen LogP contribution in [-0.2, 0) is 13.1 Å². The number of rotatable bonds is 7. The number of alkyl halides is 5. The second-order valence-electron chi connectivity index (χ2n) is 5.13. The van der Waals surface area contributed by atoms with E-state index in [4.69, 9.17) is 12.2 Å². The third-order valence-corrected chi connectivity index (χ3v) is 4.54. The zero-order valence-corrected chi connectivity index (χ0v) is 14.4. The highest BCUT2D eigenvalue weighted by atomic mass is 32.1. The van der Waals surface area contributed by atoms with Crippen molar-refractivity contribution in [1.29, 1.82) is 0 Å². The summed E-state index contributed by atoms with van der Waals surface area (Å²) in [7, 11) is 0. The zero-order valence-electron chi connectivity index (χ0n) is 11.8. The summed E-state index contributed by atoms with van der Waals surface area (Å²) in [5.74, 6) is -2.77. The van der Waals surface area contributed by atoms with Crippen molar-refractivity contribution in [3.8, 4) is 0 Å². The van der Waals surface area contributed by atoms with Crippen molar-refractivity contribution in [3.05, 3.63) is 4.77 Å². The van der Waals surface area contributed by atoms with E-state index in [0.717, 1.165) is 6.92 Å². The van der Waals surface area contributed by atoms with Crippen LogP contribution in [0.3, 0.4) is 0 Å². The molecule has 22 heavy (non-hydrogen) atoms. The highest BCUT2D eigenvalue weighted by Gasteiger charge is 2.26. The first kappa shape index (κ1) is 19.8. The van der Waals surface area contributed by atoms with Crippen molar-refractivity contribution in [2.75, 3.05) is 0 Å². The molecule has 1 rings (SSSR count). The molecule has 0 radical (unpaired) electrons. The van der Waals surface area contributed by atoms with E-state index in [-0.39, 0.29) is 37.1 Å². The SMILES string of the molecule is CC(F)(F)CCCn1c(S)c(S)n(CCCC(F)(F)F)c1=S. The van der Waals surface area contributed by atoms with E-state index in [1.54, 1.807) is 0 Å². The van der Waals surface area contributed by atoms with Crippen molar-refractivity contribution in [3.63, 3.8) is 0 Å². The largest absolute Gasteiger partial charge is 0.389 e. The summed E-state index contributed by atoms with van der Waals surface area (Å²) in [5, 5.41) is 0.721. The molecular weight excluding hydrogens is 363 g/mol. The summed E-state index contributed by atoms with van der Waals surface area (Å²) in [5.41, 5.74) is 0. The lowest BCUT2D eigenvalue weighted by Gasteiger charge is -2.10. The molecule has 0 aromatic carbocycles. The summed E-state index contributed by atoms with van der Waals surface area (Å²) < 4.78 is 65.3. The number of thiol groups is 2. The summed E-state index contributed by atoms with van der Waals surface area (Å²) >= 11 is 13.6. The fourth-order valence-corrected chi connectivity index (χ4v) is 3.09. The minimum Gasteiger partial charge on any atom is -0.311 e. The fraction of sp³-hybridized carbons (Fsp3) is 0.750. The fourth-order valence-electron chi connectivity index (χ4n) is 1.96. The monoisotopic (exact) mass is 380 g/mol. The lowest BCUT2D eigenvalue weighted by molar-refractivity contribution is -0.136. The average Bonchev–Trinajstić information content (AvgIpc) is 2.52. The Morgan fingerprint density at radius 2 is 1.32 bits per heavy atom. The summed E-state index contributed by atoms with van der Waals surface area (Å²) in [4.78, 5) is 0. The molecule has 0 aliphatic rings. The minimum atomic E-state index is -4.22. The first-order chi connectivity index (χ1) is 9.92. The van der Waals surface area contributed by atoms with Gasteiger partial charge in [-0.3, -0.25) is 0 Å². The van der Waals surface area contributed by atoms with E-state index in [9.17, 15) is 22.0 Å². The van der Waals surface area contributed by atoms with E-state index in [0.29, 0.717) is 10.1 Å². The third kappa shape index (κ3) is 6.11. The molecule has 10 heteroatoms. The van der Waals surface area contributed by atoms with Gasteiger partial charge in [0.05, 0.1) is 0 Å². The third-order valence-electron chi connectivity index (χ3n) is 3.01. The maximum absolute atomic E-state index is 12.8. The van der Waals surface area contributed by atoms with Crippen LogP contribution in [-0.4, -0.2) is 21.2 Å². The van der Waals surface area contributed by atoms with E-state index in [1.165, 1.54) is 9.13 Å². The van der Waals surface area contributed by atoms with Crippen molar-refractivity contribution >= 4 is 37.5 Å². The second-order valence-corrected chi connectivity index (χ2v) is 6.34. The van der Waals surface area contributed by atoms with Gasteiger partial charge in [-0.25, -0.2) is 8.78 Å². The van der Waals surface area contributed by atoms with Gasteiger partial charge in [0.1, 0.15) is 10.1 Å². The maximum Gasteiger partial charge on any atom is 0.389 e. The first-order valence-corrected chi connectivity index (χ1v) is 7.88. The van der Waals surface area contributed by atoms with Crippen LogP contribution in [0, 0.1) is 4.77 Å². The number of hydrogen-bond acceptors (Lipinski definition) is 3. The van der Waals surface area contributed by atoms with Crippen molar-refractivity contribution < 1.29 is 22.0 Å². The van der Waals surface area contributed by atoms with E-state index < -0.39 is 18.5 Å². The molecule has 0 aliphatic heterocycles. The van der Waals surface area contributed by atoms with Gasteiger partial charge in [-0.15, -0.1) is 25.3 Å². The zero-order chi connectivity index (χ0) is 17.1. The topological polar surface area (TPSA) is 9.86 Å². The molecule has 1 aromatic heterocycles. The molecule has 0 saturated carbocycles. The van der Waals surface area contributed by atoms with Crippen LogP contribution in [0.25, 0.3) is 0 Å². The number of nitrogens with zero attached hydrogens (tertiary/aromatic N) is 2. The molecule has 0 amide bonds. The lowest BCUT2D eigenvalue weighted by Crippen LogP contribution is -2.12. The van der Waals surface area contributed by atoms with Crippen LogP contribution in [0.15, 0.2) is 10.1 Å². The number of imidazole rings is 1. The Morgan fingerprint density at radius 1 is 0.909 bits per heavy atom. The molecule has 1 heterocycles. The van der Waals surface area contributed by atoms with Gasteiger partial charge in [-0.1, -0.05) is 0 Å². The van der Waals surface area contributed by atoms with Crippen LogP contribution in [0.2, 0.25) is 0 Å².